The van der Waals surface area contributed by atoms with Gasteiger partial charge in [0.25, 0.3) is 0 Å². The number of carboxylic acids is 1. The Bertz CT molecular complexity index is 359. The number of rotatable bonds is 3. The molecule has 0 aromatic carbocycles. The van der Waals surface area contributed by atoms with Gasteiger partial charge in [-0.15, -0.1) is 0 Å². The molecule has 2 fully saturated rings. The SMILES string of the molecule is CCC1CCCCN1C(=O)N1CCCCC1CC(=O)O. The van der Waals surface area contributed by atoms with E-state index in [0.717, 1.165) is 45.1 Å². The summed E-state index contributed by atoms with van der Waals surface area (Å²) in [7, 11) is 0. The number of nitrogens with zero attached hydrogens (tertiary/aromatic N) is 2. The molecule has 0 radical (unpaired) electrons. The van der Waals surface area contributed by atoms with Gasteiger partial charge in [-0.1, -0.05) is 6.92 Å². The molecule has 5 nitrogen and oxygen atoms in total. The standard InChI is InChI=1S/C15H26N2O3/c1-2-12-7-3-5-9-16(12)15(20)17-10-6-4-8-13(17)11-14(18)19/h12-13H,2-11H2,1H3,(H,18,19). The summed E-state index contributed by atoms with van der Waals surface area (Å²) >= 11 is 0. The summed E-state index contributed by atoms with van der Waals surface area (Å²) < 4.78 is 0. The van der Waals surface area contributed by atoms with E-state index in [0.29, 0.717) is 12.6 Å². The van der Waals surface area contributed by atoms with Gasteiger partial charge in [-0.2, -0.15) is 0 Å². The third-order valence-electron chi connectivity index (χ3n) is 4.63. The Morgan fingerprint density at radius 2 is 1.55 bits per heavy atom. The molecule has 2 aliphatic heterocycles. The van der Waals surface area contributed by atoms with Crippen molar-refractivity contribution < 1.29 is 14.7 Å². The second-order valence-electron chi connectivity index (χ2n) is 5.97. The zero-order chi connectivity index (χ0) is 14.5. The molecule has 0 aliphatic carbocycles. The molecular formula is C15H26N2O3. The van der Waals surface area contributed by atoms with Crippen LogP contribution < -0.4 is 0 Å². The maximum atomic E-state index is 12.8. The Hall–Kier alpha value is -1.26. The maximum Gasteiger partial charge on any atom is 0.320 e. The quantitative estimate of drug-likeness (QED) is 0.865. The lowest BCUT2D eigenvalue weighted by Crippen LogP contribution is -2.54. The second-order valence-corrected chi connectivity index (χ2v) is 5.97. The van der Waals surface area contributed by atoms with Crippen LogP contribution in [0, 0.1) is 0 Å². The van der Waals surface area contributed by atoms with Crippen molar-refractivity contribution in [2.45, 2.75) is 70.4 Å². The minimum Gasteiger partial charge on any atom is -0.481 e. The van der Waals surface area contributed by atoms with Gasteiger partial charge in [0.05, 0.1) is 6.42 Å². The summed E-state index contributed by atoms with van der Waals surface area (Å²) in [5.74, 6) is -0.805. The van der Waals surface area contributed by atoms with Crippen molar-refractivity contribution in [3.63, 3.8) is 0 Å². The van der Waals surface area contributed by atoms with Crippen LogP contribution in [0.25, 0.3) is 0 Å². The molecule has 2 saturated heterocycles. The van der Waals surface area contributed by atoms with Gasteiger partial charge in [-0.05, 0) is 44.9 Å². The Balaban J connectivity index is 2.05. The third kappa shape index (κ3) is 3.44. The third-order valence-corrected chi connectivity index (χ3v) is 4.63. The smallest absolute Gasteiger partial charge is 0.320 e. The van der Waals surface area contributed by atoms with E-state index in [4.69, 9.17) is 5.11 Å². The molecule has 2 atom stereocenters. The fourth-order valence-corrected chi connectivity index (χ4v) is 3.51. The van der Waals surface area contributed by atoms with E-state index < -0.39 is 5.97 Å². The molecule has 0 bridgehead atoms. The minimum atomic E-state index is -0.805. The summed E-state index contributed by atoms with van der Waals surface area (Å²) in [5, 5.41) is 9.02. The van der Waals surface area contributed by atoms with Gasteiger partial charge in [-0.3, -0.25) is 4.79 Å². The van der Waals surface area contributed by atoms with E-state index in [1.165, 1.54) is 6.42 Å². The predicted molar refractivity (Wildman–Crippen MR) is 76.6 cm³/mol. The van der Waals surface area contributed by atoms with Gasteiger partial charge in [0.1, 0.15) is 0 Å². The molecular weight excluding hydrogens is 256 g/mol. The predicted octanol–water partition coefficient (Wildman–Crippen LogP) is 2.70. The van der Waals surface area contributed by atoms with Crippen LogP contribution in [-0.2, 0) is 4.79 Å². The van der Waals surface area contributed by atoms with E-state index in [-0.39, 0.29) is 18.5 Å². The van der Waals surface area contributed by atoms with Crippen LogP contribution in [0.15, 0.2) is 0 Å². The second kappa shape index (κ2) is 6.95. The fourth-order valence-electron chi connectivity index (χ4n) is 3.51. The number of carboxylic acid groups (broad SMARTS) is 1. The lowest BCUT2D eigenvalue weighted by Gasteiger charge is -2.43. The van der Waals surface area contributed by atoms with Crippen LogP contribution in [-0.4, -0.2) is 52.1 Å². The van der Waals surface area contributed by atoms with Gasteiger partial charge in [0.2, 0.25) is 0 Å². The molecule has 0 aromatic heterocycles. The number of piperidine rings is 2. The van der Waals surface area contributed by atoms with Gasteiger partial charge < -0.3 is 14.9 Å². The highest BCUT2D eigenvalue weighted by Gasteiger charge is 2.34. The Labute approximate surface area is 120 Å². The number of likely N-dealkylation sites (tertiary alicyclic amines) is 2. The number of urea groups is 1. The normalized spacial score (nSPS) is 27.4. The molecule has 2 unspecified atom stereocenters. The van der Waals surface area contributed by atoms with Crippen LogP contribution in [0.5, 0.6) is 0 Å². The summed E-state index contributed by atoms with van der Waals surface area (Å²) in [6.45, 7) is 3.67. The number of hydrogen-bond acceptors (Lipinski definition) is 2. The first kappa shape index (κ1) is 15.1. The monoisotopic (exact) mass is 282 g/mol. The first-order chi connectivity index (χ1) is 9.63. The van der Waals surface area contributed by atoms with Gasteiger partial charge in [0, 0.05) is 25.2 Å². The number of carbonyl (C=O) groups is 2. The molecule has 0 aromatic rings. The van der Waals surface area contributed by atoms with Crippen molar-refractivity contribution in [3.05, 3.63) is 0 Å². The molecule has 0 saturated carbocycles. The lowest BCUT2D eigenvalue weighted by molar-refractivity contribution is -0.138. The Morgan fingerprint density at radius 1 is 1.00 bits per heavy atom. The van der Waals surface area contributed by atoms with Gasteiger partial charge >= 0.3 is 12.0 Å². The van der Waals surface area contributed by atoms with E-state index in [1.54, 1.807) is 0 Å². The van der Waals surface area contributed by atoms with E-state index in [1.807, 2.05) is 9.80 Å². The van der Waals surface area contributed by atoms with Crippen LogP contribution in [0.1, 0.15) is 58.3 Å². The summed E-state index contributed by atoms with van der Waals surface area (Å²) in [6, 6.07) is 0.291. The average molecular weight is 282 g/mol. The van der Waals surface area contributed by atoms with E-state index in [2.05, 4.69) is 6.92 Å². The molecule has 2 heterocycles. The Kier molecular flexibility index (Phi) is 5.26. The summed E-state index contributed by atoms with van der Waals surface area (Å²) in [4.78, 5) is 27.6. The number of hydrogen-bond donors (Lipinski definition) is 1. The van der Waals surface area contributed by atoms with Crippen LogP contribution in [0.2, 0.25) is 0 Å². The molecule has 0 spiro atoms. The topological polar surface area (TPSA) is 60.9 Å². The van der Waals surface area contributed by atoms with Crippen molar-refractivity contribution in [2.24, 2.45) is 0 Å². The van der Waals surface area contributed by atoms with Gasteiger partial charge in [-0.25, -0.2) is 4.79 Å². The molecule has 2 aliphatic rings. The van der Waals surface area contributed by atoms with Gasteiger partial charge in [0.15, 0.2) is 0 Å². The van der Waals surface area contributed by atoms with Crippen LogP contribution >= 0.6 is 0 Å². The highest BCUT2D eigenvalue weighted by atomic mass is 16.4. The number of carbonyl (C=O) groups excluding carboxylic acids is 1. The highest BCUT2D eigenvalue weighted by molar-refractivity contribution is 5.76. The van der Waals surface area contributed by atoms with Crippen molar-refractivity contribution in [1.29, 1.82) is 0 Å². The maximum absolute atomic E-state index is 12.8. The Morgan fingerprint density at radius 3 is 2.10 bits per heavy atom. The zero-order valence-electron chi connectivity index (χ0n) is 12.4. The molecule has 114 valence electrons. The molecule has 1 N–H and O–H groups in total. The molecule has 2 amide bonds. The lowest BCUT2D eigenvalue weighted by atomic mass is 9.98. The molecule has 2 rings (SSSR count). The van der Waals surface area contributed by atoms with Crippen LogP contribution in [0.4, 0.5) is 4.79 Å². The number of amides is 2. The fraction of sp³-hybridized carbons (Fsp3) is 0.867. The van der Waals surface area contributed by atoms with E-state index in [9.17, 15) is 9.59 Å². The molecule has 20 heavy (non-hydrogen) atoms. The van der Waals surface area contributed by atoms with Crippen LogP contribution in [0.3, 0.4) is 0 Å². The summed E-state index contributed by atoms with van der Waals surface area (Å²) in [6.07, 6.45) is 7.26. The number of aliphatic carboxylic acids is 1. The highest BCUT2D eigenvalue weighted by Crippen LogP contribution is 2.26. The first-order valence-corrected chi connectivity index (χ1v) is 7.92. The zero-order valence-corrected chi connectivity index (χ0v) is 12.4. The first-order valence-electron chi connectivity index (χ1n) is 7.92. The minimum absolute atomic E-state index is 0.0718. The van der Waals surface area contributed by atoms with E-state index >= 15 is 0 Å². The van der Waals surface area contributed by atoms with Crippen molar-refractivity contribution in [3.8, 4) is 0 Å². The van der Waals surface area contributed by atoms with Crippen molar-refractivity contribution in [2.75, 3.05) is 13.1 Å². The van der Waals surface area contributed by atoms with Crippen molar-refractivity contribution in [1.82, 2.24) is 9.80 Å². The summed E-state index contributed by atoms with van der Waals surface area (Å²) in [5.41, 5.74) is 0. The molecule has 5 heteroatoms. The largest absolute Gasteiger partial charge is 0.481 e. The van der Waals surface area contributed by atoms with Crippen molar-refractivity contribution >= 4 is 12.0 Å². The average Bonchev–Trinajstić information content (AvgIpc) is 2.46.